The second kappa shape index (κ2) is 8.08. The van der Waals surface area contributed by atoms with Crippen LogP contribution < -0.4 is 10.6 Å². The molecule has 0 fully saturated rings. The Morgan fingerprint density at radius 2 is 1.61 bits per heavy atom. The normalized spacial score (nSPS) is 14.2. The van der Waals surface area contributed by atoms with Gasteiger partial charge in [0, 0.05) is 20.6 Å². The van der Waals surface area contributed by atoms with E-state index in [2.05, 4.69) is 24.5 Å². The van der Waals surface area contributed by atoms with Gasteiger partial charge in [-0.1, -0.05) is 13.8 Å². The third kappa shape index (κ3) is 6.59. The Kier molecular flexibility index (Phi) is 7.59. The van der Waals surface area contributed by atoms with Gasteiger partial charge < -0.3 is 10.2 Å². The molecule has 0 spiro atoms. The van der Waals surface area contributed by atoms with E-state index in [0.29, 0.717) is 12.5 Å². The minimum Gasteiger partial charge on any atom is -0.355 e. The van der Waals surface area contributed by atoms with Crippen molar-refractivity contribution in [3.05, 3.63) is 0 Å². The molecule has 5 heteroatoms. The van der Waals surface area contributed by atoms with Crippen LogP contribution in [0.3, 0.4) is 0 Å². The lowest BCUT2D eigenvalue weighted by molar-refractivity contribution is -0.131. The van der Waals surface area contributed by atoms with Crippen LogP contribution in [0.2, 0.25) is 0 Å². The first-order chi connectivity index (χ1) is 8.25. The quantitative estimate of drug-likeness (QED) is 0.702. The molecule has 0 aliphatic heterocycles. The number of nitrogens with zero attached hydrogens (tertiary/aromatic N) is 1. The summed E-state index contributed by atoms with van der Waals surface area (Å²) in [5.41, 5.74) is 0. The number of hydrogen-bond donors (Lipinski definition) is 2. The third-order valence-corrected chi connectivity index (χ3v) is 2.73. The first-order valence-electron chi connectivity index (χ1n) is 6.50. The monoisotopic (exact) mass is 257 g/mol. The van der Waals surface area contributed by atoms with Gasteiger partial charge in [-0.05, 0) is 26.2 Å². The van der Waals surface area contributed by atoms with Crippen LogP contribution in [-0.2, 0) is 9.59 Å². The molecule has 0 aromatic heterocycles. The average molecular weight is 257 g/mol. The highest BCUT2D eigenvalue weighted by molar-refractivity contribution is 5.84. The topological polar surface area (TPSA) is 61.4 Å². The van der Waals surface area contributed by atoms with Crippen LogP contribution in [0.25, 0.3) is 0 Å². The molecule has 5 nitrogen and oxygen atoms in total. The molecule has 0 aromatic rings. The highest BCUT2D eigenvalue weighted by atomic mass is 16.2. The van der Waals surface area contributed by atoms with E-state index in [4.69, 9.17) is 0 Å². The number of amides is 2. The molecule has 0 rings (SSSR count). The number of hydrogen-bond acceptors (Lipinski definition) is 3. The van der Waals surface area contributed by atoms with Crippen molar-refractivity contribution in [2.45, 2.75) is 46.2 Å². The van der Waals surface area contributed by atoms with Crippen LogP contribution >= 0.6 is 0 Å². The van der Waals surface area contributed by atoms with Crippen molar-refractivity contribution in [3.63, 3.8) is 0 Å². The smallest absolute Gasteiger partial charge is 0.238 e. The molecule has 0 heterocycles. The first kappa shape index (κ1) is 16.9. The minimum absolute atomic E-state index is 0.0307. The van der Waals surface area contributed by atoms with Gasteiger partial charge in [-0.3, -0.25) is 14.9 Å². The van der Waals surface area contributed by atoms with Gasteiger partial charge in [0.05, 0.1) is 12.1 Å². The number of nitrogens with one attached hydrogen (secondary N) is 2. The standard InChI is InChI=1S/C13H27N3O2/c1-9(2)7-8-14-12(17)10(3)15-11(4)13(18)16(5)6/h9-11,15H,7-8H2,1-6H3,(H,14,17). The minimum atomic E-state index is -0.365. The number of carbonyl (C=O) groups is 2. The molecule has 2 amide bonds. The Hall–Kier alpha value is -1.10. The van der Waals surface area contributed by atoms with Gasteiger partial charge in [0.1, 0.15) is 0 Å². The zero-order valence-electron chi connectivity index (χ0n) is 12.4. The van der Waals surface area contributed by atoms with Crippen molar-refractivity contribution in [2.24, 2.45) is 5.92 Å². The summed E-state index contributed by atoms with van der Waals surface area (Å²) in [6, 6.07) is -0.720. The van der Waals surface area contributed by atoms with Gasteiger partial charge in [-0.15, -0.1) is 0 Å². The Morgan fingerprint density at radius 1 is 1.06 bits per heavy atom. The fourth-order valence-corrected chi connectivity index (χ4v) is 1.55. The van der Waals surface area contributed by atoms with Crippen molar-refractivity contribution in [3.8, 4) is 0 Å². The second-order valence-electron chi connectivity index (χ2n) is 5.32. The zero-order valence-corrected chi connectivity index (χ0v) is 12.4. The number of carbonyl (C=O) groups excluding carboxylic acids is 2. The predicted molar refractivity (Wildman–Crippen MR) is 73.2 cm³/mol. The van der Waals surface area contributed by atoms with Crippen molar-refractivity contribution in [2.75, 3.05) is 20.6 Å². The maximum Gasteiger partial charge on any atom is 0.238 e. The van der Waals surface area contributed by atoms with E-state index in [1.54, 1.807) is 27.9 Å². The van der Waals surface area contributed by atoms with Gasteiger partial charge in [0.15, 0.2) is 0 Å². The fraction of sp³-hybridized carbons (Fsp3) is 0.846. The molecule has 2 atom stereocenters. The SMILES string of the molecule is CC(C)CCNC(=O)C(C)NC(C)C(=O)N(C)C. The summed E-state index contributed by atoms with van der Waals surface area (Å²) >= 11 is 0. The van der Waals surface area contributed by atoms with Crippen molar-refractivity contribution in [1.29, 1.82) is 0 Å². The van der Waals surface area contributed by atoms with Crippen molar-refractivity contribution in [1.82, 2.24) is 15.5 Å². The van der Waals surface area contributed by atoms with E-state index >= 15 is 0 Å². The molecule has 106 valence electrons. The summed E-state index contributed by atoms with van der Waals surface area (Å²) in [7, 11) is 3.40. The summed E-state index contributed by atoms with van der Waals surface area (Å²) in [6.07, 6.45) is 0.963. The maximum absolute atomic E-state index is 11.8. The summed E-state index contributed by atoms with van der Waals surface area (Å²) in [6.45, 7) is 8.44. The zero-order chi connectivity index (χ0) is 14.3. The predicted octanol–water partition coefficient (Wildman–Crippen LogP) is 0.604. The number of rotatable bonds is 7. The van der Waals surface area contributed by atoms with Crippen LogP contribution in [0.4, 0.5) is 0 Å². The van der Waals surface area contributed by atoms with Crippen LogP contribution in [0.15, 0.2) is 0 Å². The Balaban J connectivity index is 4.04. The highest BCUT2D eigenvalue weighted by Crippen LogP contribution is 1.97. The first-order valence-corrected chi connectivity index (χ1v) is 6.50. The molecule has 0 radical (unpaired) electrons. The average Bonchev–Trinajstić information content (AvgIpc) is 2.26. The van der Waals surface area contributed by atoms with Crippen LogP contribution in [0.5, 0.6) is 0 Å². The summed E-state index contributed by atoms with van der Waals surface area (Å²) < 4.78 is 0. The molecule has 0 aromatic carbocycles. The lowest BCUT2D eigenvalue weighted by Gasteiger charge is -2.21. The lowest BCUT2D eigenvalue weighted by Crippen LogP contribution is -2.50. The molecule has 0 aliphatic carbocycles. The highest BCUT2D eigenvalue weighted by Gasteiger charge is 2.20. The van der Waals surface area contributed by atoms with Crippen molar-refractivity contribution < 1.29 is 9.59 Å². The lowest BCUT2D eigenvalue weighted by atomic mass is 10.1. The summed E-state index contributed by atoms with van der Waals surface area (Å²) in [5, 5.41) is 5.86. The molecule has 0 saturated heterocycles. The van der Waals surface area contributed by atoms with Gasteiger partial charge in [-0.25, -0.2) is 0 Å². The third-order valence-electron chi connectivity index (χ3n) is 2.73. The van der Waals surface area contributed by atoms with E-state index in [1.165, 1.54) is 4.90 Å². The second-order valence-corrected chi connectivity index (χ2v) is 5.32. The Bertz CT molecular complexity index is 277. The molecule has 0 bridgehead atoms. The molecule has 2 N–H and O–H groups in total. The van der Waals surface area contributed by atoms with E-state index < -0.39 is 0 Å². The van der Waals surface area contributed by atoms with Gasteiger partial charge in [0.25, 0.3) is 0 Å². The van der Waals surface area contributed by atoms with Crippen LogP contribution in [0, 0.1) is 5.92 Å². The van der Waals surface area contributed by atoms with E-state index in [9.17, 15) is 9.59 Å². The molecular formula is C13H27N3O2. The molecule has 18 heavy (non-hydrogen) atoms. The van der Waals surface area contributed by atoms with Gasteiger partial charge in [-0.2, -0.15) is 0 Å². The summed E-state index contributed by atoms with van der Waals surface area (Å²) in [5.74, 6) is 0.480. The molecular weight excluding hydrogens is 230 g/mol. The fourth-order valence-electron chi connectivity index (χ4n) is 1.55. The van der Waals surface area contributed by atoms with Crippen molar-refractivity contribution >= 4 is 11.8 Å². The maximum atomic E-state index is 11.8. The Labute approximate surface area is 110 Å². The van der Waals surface area contributed by atoms with Crippen LogP contribution in [0.1, 0.15) is 34.1 Å². The number of likely N-dealkylation sites (N-methyl/N-ethyl adjacent to an activating group) is 1. The molecule has 2 unspecified atom stereocenters. The van der Waals surface area contributed by atoms with Crippen LogP contribution in [-0.4, -0.2) is 49.4 Å². The summed E-state index contributed by atoms with van der Waals surface area (Å²) in [4.78, 5) is 24.9. The Morgan fingerprint density at radius 3 is 2.06 bits per heavy atom. The largest absolute Gasteiger partial charge is 0.355 e. The van der Waals surface area contributed by atoms with Gasteiger partial charge in [0.2, 0.25) is 11.8 Å². The molecule has 0 saturated carbocycles. The van der Waals surface area contributed by atoms with E-state index in [1.807, 2.05) is 0 Å². The van der Waals surface area contributed by atoms with E-state index in [0.717, 1.165) is 6.42 Å². The van der Waals surface area contributed by atoms with Gasteiger partial charge >= 0.3 is 0 Å². The van der Waals surface area contributed by atoms with E-state index in [-0.39, 0.29) is 23.9 Å². The molecule has 0 aliphatic rings.